The summed E-state index contributed by atoms with van der Waals surface area (Å²) >= 11 is 0. The highest BCUT2D eigenvalue weighted by molar-refractivity contribution is 14.0. The van der Waals surface area contributed by atoms with Gasteiger partial charge < -0.3 is 19.7 Å². The van der Waals surface area contributed by atoms with Gasteiger partial charge in [-0.15, -0.1) is 24.0 Å². The first-order valence-electron chi connectivity index (χ1n) is 8.00. The van der Waals surface area contributed by atoms with Crippen LogP contribution in [0.1, 0.15) is 13.3 Å². The lowest BCUT2D eigenvalue weighted by Gasteiger charge is -2.25. The summed E-state index contributed by atoms with van der Waals surface area (Å²) in [5, 5.41) is 3.31. The van der Waals surface area contributed by atoms with E-state index in [9.17, 15) is 4.39 Å². The first-order chi connectivity index (χ1) is 11.1. The van der Waals surface area contributed by atoms with Crippen molar-refractivity contribution in [2.24, 2.45) is 10.9 Å². The van der Waals surface area contributed by atoms with E-state index in [0.29, 0.717) is 18.2 Å². The number of hydrogen-bond acceptors (Lipinski definition) is 3. The normalized spacial score (nSPS) is 18.7. The minimum absolute atomic E-state index is 0. The van der Waals surface area contributed by atoms with E-state index in [2.05, 4.69) is 15.2 Å². The van der Waals surface area contributed by atoms with Gasteiger partial charge in [0.25, 0.3) is 0 Å². The maximum Gasteiger partial charge on any atom is 0.193 e. The first kappa shape index (κ1) is 21.0. The van der Waals surface area contributed by atoms with Gasteiger partial charge in [-0.3, -0.25) is 4.99 Å². The average molecular weight is 451 g/mol. The molecule has 1 saturated heterocycles. The Balaban J connectivity index is 0.00000288. The van der Waals surface area contributed by atoms with Crippen LogP contribution in [0.25, 0.3) is 0 Å². The van der Waals surface area contributed by atoms with Crippen molar-refractivity contribution in [2.45, 2.75) is 19.4 Å². The van der Waals surface area contributed by atoms with Crippen LogP contribution in [0.15, 0.2) is 29.3 Å². The monoisotopic (exact) mass is 451 g/mol. The Kier molecular flexibility index (Phi) is 9.35. The van der Waals surface area contributed by atoms with E-state index < -0.39 is 0 Å². The van der Waals surface area contributed by atoms with Crippen LogP contribution in [0.4, 0.5) is 4.39 Å². The second-order valence-electron chi connectivity index (χ2n) is 5.92. The molecule has 0 aromatic heterocycles. The number of hydrogen-bond donors (Lipinski definition) is 1. The third-order valence-corrected chi connectivity index (χ3v) is 3.83. The van der Waals surface area contributed by atoms with Crippen molar-refractivity contribution in [3.05, 3.63) is 30.1 Å². The molecule has 1 aliphatic heterocycles. The quantitative estimate of drug-likeness (QED) is 0.411. The molecule has 2 rings (SSSR count). The summed E-state index contributed by atoms with van der Waals surface area (Å²) in [5.74, 6) is 1.80. The molecule has 0 spiro atoms. The summed E-state index contributed by atoms with van der Waals surface area (Å²) < 4.78 is 24.0. The molecule has 5 nitrogen and oxygen atoms in total. The van der Waals surface area contributed by atoms with E-state index in [1.807, 2.05) is 14.0 Å². The number of nitrogens with one attached hydrogen (secondary N) is 1. The summed E-state index contributed by atoms with van der Waals surface area (Å²) in [7, 11) is 3.80. The molecule has 1 N–H and O–H groups in total. The second kappa shape index (κ2) is 10.7. The number of guanidine groups is 1. The molecule has 0 amide bonds. The molecule has 2 unspecified atom stereocenters. The molecule has 0 aliphatic carbocycles. The highest BCUT2D eigenvalue weighted by Gasteiger charge is 2.19. The van der Waals surface area contributed by atoms with Gasteiger partial charge >= 0.3 is 0 Å². The van der Waals surface area contributed by atoms with Gasteiger partial charge in [-0.25, -0.2) is 4.39 Å². The van der Waals surface area contributed by atoms with Crippen molar-refractivity contribution in [3.8, 4) is 5.75 Å². The van der Waals surface area contributed by atoms with Gasteiger partial charge in [0, 0.05) is 33.2 Å². The standard InChI is InChI=1S/C17H26FN3O2.HI/c1-13(23-16-6-4-15(18)5-7-16)10-20-17(19-2)21(3)11-14-8-9-22-12-14;/h4-7,13-14H,8-12H2,1-3H3,(H,19,20);1H. The fraction of sp³-hybridized carbons (Fsp3) is 0.588. The fourth-order valence-corrected chi connectivity index (χ4v) is 2.61. The molecule has 7 heteroatoms. The average Bonchev–Trinajstić information content (AvgIpc) is 3.03. The summed E-state index contributed by atoms with van der Waals surface area (Å²) in [6.45, 7) is 5.19. The minimum Gasteiger partial charge on any atom is -0.489 e. The van der Waals surface area contributed by atoms with Gasteiger partial charge in [-0.1, -0.05) is 0 Å². The smallest absolute Gasteiger partial charge is 0.193 e. The van der Waals surface area contributed by atoms with Gasteiger partial charge in [0.15, 0.2) is 5.96 Å². The molecule has 1 aromatic carbocycles. The third kappa shape index (κ3) is 6.80. The van der Waals surface area contributed by atoms with Crippen LogP contribution < -0.4 is 10.1 Å². The Morgan fingerprint density at radius 1 is 1.46 bits per heavy atom. The lowest BCUT2D eigenvalue weighted by Crippen LogP contribution is -2.44. The Hall–Kier alpha value is -1.09. The van der Waals surface area contributed by atoms with Crippen LogP contribution in [-0.4, -0.2) is 57.4 Å². The van der Waals surface area contributed by atoms with Crippen molar-refractivity contribution in [2.75, 3.05) is 40.4 Å². The van der Waals surface area contributed by atoms with Crippen molar-refractivity contribution >= 4 is 29.9 Å². The van der Waals surface area contributed by atoms with Crippen molar-refractivity contribution in [1.82, 2.24) is 10.2 Å². The van der Waals surface area contributed by atoms with E-state index in [4.69, 9.17) is 9.47 Å². The summed E-state index contributed by atoms with van der Waals surface area (Å²) in [6, 6.07) is 6.05. The predicted octanol–water partition coefficient (Wildman–Crippen LogP) is 2.75. The number of benzene rings is 1. The molecule has 1 heterocycles. The molecule has 136 valence electrons. The summed E-state index contributed by atoms with van der Waals surface area (Å²) in [5.41, 5.74) is 0. The largest absolute Gasteiger partial charge is 0.489 e. The number of halogens is 2. The summed E-state index contributed by atoms with van der Waals surface area (Å²) in [6.07, 6.45) is 1.05. The predicted molar refractivity (Wildman–Crippen MR) is 105 cm³/mol. The van der Waals surface area contributed by atoms with Gasteiger partial charge in [-0.05, 0) is 37.6 Å². The minimum atomic E-state index is -0.263. The zero-order chi connectivity index (χ0) is 16.7. The lowest BCUT2D eigenvalue weighted by molar-refractivity contribution is 0.180. The van der Waals surface area contributed by atoms with Gasteiger partial charge in [0.1, 0.15) is 17.7 Å². The zero-order valence-corrected chi connectivity index (χ0v) is 16.8. The van der Waals surface area contributed by atoms with E-state index >= 15 is 0 Å². The highest BCUT2D eigenvalue weighted by Crippen LogP contribution is 2.14. The maximum absolute atomic E-state index is 12.9. The molecule has 0 saturated carbocycles. The van der Waals surface area contributed by atoms with E-state index in [1.165, 1.54) is 12.1 Å². The van der Waals surface area contributed by atoms with E-state index in [0.717, 1.165) is 32.1 Å². The molecule has 1 aromatic rings. The van der Waals surface area contributed by atoms with Gasteiger partial charge in [0.05, 0.1) is 13.2 Å². The van der Waals surface area contributed by atoms with Crippen LogP contribution in [0.2, 0.25) is 0 Å². The van der Waals surface area contributed by atoms with Crippen molar-refractivity contribution in [3.63, 3.8) is 0 Å². The third-order valence-electron chi connectivity index (χ3n) is 3.83. The van der Waals surface area contributed by atoms with Crippen LogP contribution in [0, 0.1) is 11.7 Å². The van der Waals surface area contributed by atoms with Crippen molar-refractivity contribution < 1.29 is 13.9 Å². The second-order valence-corrected chi connectivity index (χ2v) is 5.92. The Morgan fingerprint density at radius 2 is 2.17 bits per heavy atom. The van der Waals surface area contributed by atoms with Crippen LogP contribution >= 0.6 is 24.0 Å². The molecule has 1 fully saturated rings. The van der Waals surface area contributed by atoms with Gasteiger partial charge in [0.2, 0.25) is 0 Å². The first-order valence-corrected chi connectivity index (χ1v) is 8.00. The van der Waals surface area contributed by atoms with Crippen LogP contribution in [0.3, 0.4) is 0 Å². The summed E-state index contributed by atoms with van der Waals surface area (Å²) in [4.78, 5) is 6.42. The Labute approximate surface area is 160 Å². The molecule has 0 radical (unpaired) electrons. The SMILES string of the molecule is CN=C(NCC(C)Oc1ccc(F)cc1)N(C)CC1CCOC1.I. The molecular weight excluding hydrogens is 424 g/mol. The van der Waals surface area contributed by atoms with E-state index in [1.54, 1.807) is 19.2 Å². The number of ether oxygens (including phenoxy) is 2. The fourth-order valence-electron chi connectivity index (χ4n) is 2.61. The van der Waals surface area contributed by atoms with E-state index in [-0.39, 0.29) is 35.9 Å². The van der Waals surface area contributed by atoms with Crippen molar-refractivity contribution in [1.29, 1.82) is 0 Å². The molecular formula is C17H27FIN3O2. The molecule has 24 heavy (non-hydrogen) atoms. The molecule has 2 atom stereocenters. The molecule has 0 bridgehead atoms. The van der Waals surface area contributed by atoms with Crippen LogP contribution in [0.5, 0.6) is 5.75 Å². The Morgan fingerprint density at radius 3 is 2.75 bits per heavy atom. The number of nitrogens with zero attached hydrogens (tertiary/aromatic N) is 2. The number of aliphatic imine (C=N–C) groups is 1. The highest BCUT2D eigenvalue weighted by atomic mass is 127. The lowest BCUT2D eigenvalue weighted by atomic mass is 10.1. The Bertz CT molecular complexity index is 507. The topological polar surface area (TPSA) is 46.1 Å². The number of rotatable bonds is 6. The van der Waals surface area contributed by atoms with Crippen LogP contribution in [-0.2, 0) is 4.74 Å². The zero-order valence-electron chi connectivity index (χ0n) is 14.5. The molecule has 1 aliphatic rings. The van der Waals surface area contributed by atoms with Gasteiger partial charge in [-0.2, -0.15) is 0 Å². The maximum atomic E-state index is 12.9.